The van der Waals surface area contributed by atoms with Gasteiger partial charge in [-0.1, -0.05) is 0 Å². The summed E-state index contributed by atoms with van der Waals surface area (Å²) in [5.41, 5.74) is -5.36. The molecule has 0 aliphatic rings. The quantitative estimate of drug-likeness (QED) is 0.473. The molecule has 1 unspecified atom stereocenters. The van der Waals surface area contributed by atoms with E-state index in [9.17, 15) is 25.8 Å². The Morgan fingerprint density at radius 2 is 1.90 bits per heavy atom. The van der Waals surface area contributed by atoms with Gasteiger partial charge in [0.2, 0.25) is 0 Å². The SMILES string of the molecule is O=S(Cl)c1ccc2ncc(OS(=O)(=O)C(F)(F)F)nc2c1. The van der Waals surface area contributed by atoms with Gasteiger partial charge in [-0.2, -0.15) is 21.6 Å². The summed E-state index contributed by atoms with van der Waals surface area (Å²) in [6.07, 6.45) is 0.725. The van der Waals surface area contributed by atoms with Crippen molar-refractivity contribution in [1.82, 2.24) is 9.97 Å². The summed E-state index contributed by atoms with van der Waals surface area (Å²) < 4.78 is 73.2. The predicted octanol–water partition coefficient (Wildman–Crippen LogP) is 2.12. The molecule has 0 saturated carbocycles. The summed E-state index contributed by atoms with van der Waals surface area (Å²) in [5, 5.41) is 0. The highest BCUT2D eigenvalue weighted by atomic mass is 35.7. The van der Waals surface area contributed by atoms with Gasteiger partial charge in [0.15, 0.2) is 0 Å². The van der Waals surface area contributed by atoms with Crippen molar-refractivity contribution in [2.75, 3.05) is 0 Å². The lowest BCUT2D eigenvalue weighted by Gasteiger charge is -2.08. The number of aromatic nitrogens is 2. The van der Waals surface area contributed by atoms with Crippen LogP contribution in [0.4, 0.5) is 13.2 Å². The van der Waals surface area contributed by atoms with Crippen LogP contribution in [0.15, 0.2) is 29.3 Å². The van der Waals surface area contributed by atoms with Gasteiger partial charge in [0.25, 0.3) is 5.88 Å². The molecule has 0 aliphatic heterocycles. The van der Waals surface area contributed by atoms with E-state index >= 15 is 0 Å². The Kier molecular flexibility index (Phi) is 4.08. The summed E-state index contributed by atoms with van der Waals surface area (Å²) in [4.78, 5) is 7.38. The first-order valence-electron chi connectivity index (χ1n) is 4.96. The van der Waals surface area contributed by atoms with E-state index in [1.807, 2.05) is 0 Å². The molecule has 0 radical (unpaired) electrons. The van der Waals surface area contributed by atoms with Crippen molar-refractivity contribution >= 4 is 41.8 Å². The first-order valence-corrected chi connectivity index (χ1v) is 8.34. The molecule has 0 amide bonds. The summed E-state index contributed by atoms with van der Waals surface area (Å²) in [7, 11) is -2.34. The molecular weight excluding hydrogens is 357 g/mol. The zero-order valence-electron chi connectivity index (χ0n) is 9.67. The second kappa shape index (κ2) is 5.39. The van der Waals surface area contributed by atoms with Crippen molar-refractivity contribution in [3.8, 4) is 5.88 Å². The van der Waals surface area contributed by atoms with E-state index in [1.165, 1.54) is 18.2 Å². The summed E-state index contributed by atoms with van der Waals surface area (Å²) >= 11 is 0. The minimum Gasteiger partial charge on any atom is -0.354 e. The molecule has 1 aromatic carbocycles. The van der Waals surface area contributed by atoms with Gasteiger partial charge < -0.3 is 4.18 Å². The first-order chi connectivity index (χ1) is 9.60. The predicted molar refractivity (Wildman–Crippen MR) is 67.4 cm³/mol. The number of halogens is 4. The van der Waals surface area contributed by atoms with E-state index in [0.29, 0.717) is 0 Å². The molecule has 1 atom stereocenters. The summed E-state index contributed by atoms with van der Waals surface area (Å²) in [6.45, 7) is 0. The van der Waals surface area contributed by atoms with Crippen LogP contribution in [-0.4, -0.2) is 28.1 Å². The summed E-state index contributed by atoms with van der Waals surface area (Å²) in [6, 6.07) is 3.95. The maximum absolute atomic E-state index is 12.2. The molecule has 0 fully saturated rings. The molecule has 0 N–H and O–H groups in total. The third-order valence-corrected chi connectivity index (χ3v) is 4.27. The Morgan fingerprint density at radius 1 is 1.24 bits per heavy atom. The molecule has 0 bridgehead atoms. The smallest absolute Gasteiger partial charge is 0.354 e. The fourth-order valence-corrected chi connectivity index (χ4v) is 2.34. The Bertz CT molecular complexity index is 825. The largest absolute Gasteiger partial charge is 0.534 e. The fraction of sp³-hybridized carbons (Fsp3) is 0.111. The lowest BCUT2D eigenvalue weighted by molar-refractivity contribution is -0.0501. The van der Waals surface area contributed by atoms with E-state index in [-0.39, 0.29) is 15.9 Å². The molecule has 114 valence electrons. The lowest BCUT2D eigenvalue weighted by Crippen LogP contribution is -2.28. The molecule has 1 heterocycles. The van der Waals surface area contributed by atoms with Crippen LogP contribution in [0.2, 0.25) is 0 Å². The van der Waals surface area contributed by atoms with Gasteiger partial charge in [0, 0.05) is 0 Å². The highest BCUT2D eigenvalue weighted by Gasteiger charge is 2.48. The maximum atomic E-state index is 12.2. The standard InChI is InChI=1S/C9H4ClF3N2O4S2/c10-20(16)5-1-2-6-7(3-5)15-8(4-14-6)19-21(17,18)9(11,12)13/h1-4H. The second-order valence-electron chi connectivity index (χ2n) is 3.57. The molecule has 6 nitrogen and oxygen atoms in total. The van der Waals surface area contributed by atoms with Gasteiger partial charge >= 0.3 is 15.6 Å². The van der Waals surface area contributed by atoms with Crippen molar-refractivity contribution in [1.29, 1.82) is 0 Å². The van der Waals surface area contributed by atoms with E-state index < -0.39 is 31.5 Å². The third kappa shape index (κ3) is 3.41. The Balaban J connectivity index is 2.45. The van der Waals surface area contributed by atoms with Crippen LogP contribution >= 0.6 is 10.7 Å². The van der Waals surface area contributed by atoms with E-state index in [2.05, 4.69) is 14.2 Å². The number of benzene rings is 1. The fourth-order valence-electron chi connectivity index (χ4n) is 1.27. The van der Waals surface area contributed by atoms with Crippen molar-refractivity contribution in [2.45, 2.75) is 10.4 Å². The highest BCUT2D eigenvalue weighted by Crippen LogP contribution is 2.26. The molecule has 2 rings (SSSR count). The Morgan fingerprint density at radius 3 is 2.48 bits per heavy atom. The van der Waals surface area contributed by atoms with Crippen LogP contribution in [0, 0.1) is 0 Å². The average Bonchev–Trinajstić information content (AvgIpc) is 2.36. The van der Waals surface area contributed by atoms with Crippen LogP contribution < -0.4 is 4.18 Å². The molecular formula is C9H4ClF3N2O4S2. The molecule has 21 heavy (non-hydrogen) atoms. The number of nitrogens with zero attached hydrogens (tertiary/aromatic N) is 2. The van der Waals surface area contributed by atoms with Crippen molar-refractivity contribution in [2.24, 2.45) is 0 Å². The topological polar surface area (TPSA) is 86.2 Å². The van der Waals surface area contributed by atoms with E-state index in [1.54, 1.807) is 0 Å². The Labute approximate surface area is 123 Å². The average molecular weight is 361 g/mol. The minimum atomic E-state index is -5.83. The van der Waals surface area contributed by atoms with Gasteiger partial charge in [-0.05, 0) is 28.9 Å². The number of fused-ring (bicyclic) bond motifs is 1. The van der Waals surface area contributed by atoms with Crippen LogP contribution in [0.5, 0.6) is 5.88 Å². The van der Waals surface area contributed by atoms with Crippen LogP contribution in [-0.2, 0) is 20.1 Å². The Hall–Kier alpha value is -1.46. The minimum absolute atomic E-state index is 0.0172. The number of rotatable bonds is 3. The number of hydrogen-bond acceptors (Lipinski definition) is 6. The van der Waals surface area contributed by atoms with Crippen molar-refractivity contribution in [3.63, 3.8) is 0 Å². The van der Waals surface area contributed by atoms with Crippen LogP contribution in [0.25, 0.3) is 11.0 Å². The summed E-state index contributed by atoms with van der Waals surface area (Å²) in [5.74, 6) is -0.864. The molecule has 0 aliphatic carbocycles. The van der Waals surface area contributed by atoms with Gasteiger partial charge in [0.1, 0.15) is 10.0 Å². The second-order valence-corrected chi connectivity index (χ2v) is 6.86. The first kappa shape index (κ1) is 15.9. The molecule has 1 aromatic heterocycles. The van der Waals surface area contributed by atoms with Crippen molar-refractivity contribution < 1.29 is 30.0 Å². The van der Waals surface area contributed by atoms with Crippen molar-refractivity contribution in [3.05, 3.63) is 24.4 Å². The van der Waals surface area contributed by atoms with E-state index in [0.717, 1.165) is 6.20 Å². The van der Waals surface area contributed by atoms with Gasteiger partial charge in [0.05, 0.1) is 22.1 Å². The zero-order chi connectivity index (χ0) is 15.8. The van der Waals surface area contributed by atoms with Gasteiger partial charge in [-0.15, -0.1) is 0 Å². The molecule has 12 heteroatoms. The van der Waals surface area contributed by atoms with Crippen LogP contribution in [0.3, 0.4) is 0 Å². The maximum Gasteiger partial charge on any atom is 0.534 e. The van der Waals surface area contributed by atoms with Gasteiger partial charge in [-0.3, -0.25) is 0 Å². The molecule has 2 aromatic rings. The van der Waals surface area contributed by atoms with Gasteiger partial charge in [-0.25, -0.2) is 14.2 Å². The normalized spacial score (nSPS) is 14.1. The number of hydrogen-bond donors (Lipinski definition) is 0. The zero-order valence-corrected chi connectivity index (χ0v) is 12.1. The monoisotopic (exact) mass is 360 g/mol. The number of alkyl halides is 3. The van der Waals surface area contributed by atoms with Crippen LogP contribution in [0.1, 0.15) is 0 Å². The van der Waals surface area contributed by atoms with E-state index in [4.69, 9.17) is 10.7 Å². The molecule has 0 spiro atoms. The highest BCUT2D eigenvalue weighted by molar-refractivity contribution is 8.08. The molecule has 0 saturated heterocycles. The lowest BCUT2D eigenvalue weighted by atomic mass is 10.3. The third-order valence-electron chi connectivity index (χ3n) is 2.16.